The van der Waals surface area contributed by atoms with E-state index < -0.39 is 0 Å². The molecule has 0 aliphatic heterocycles. The topological polar surface area (TPSA) is 49.7 Å². The van der Waals surface area contributed by atoms with Crippen molar-refractivity contribution in [1.29, 1.82) is 0 Å². The lowest BCUT2D eigenvalue weighted by atomic mass is 9.92. The zero-order valence-electron chi connectivity index (χ0n) is 9.77. The van der Waals surface area contributed by atoms with E-state index in [1.165, 1.54) is 0 Å². The van der Waals surface area contributed by atoms with Crippen molar-refractivity contribution < 1.29 is 14.9 Å². The Morgan fingerprint density at radius 1 is 0.765 bits per heavy atom. The van der Waals surface area contributed by atoms with Crippen LogP contribution in [0.15, 0.2) is 0 Å². The summed E-state index contributed by atoms with van der Waals surface area (Å²) < 4.78 is 6.09. The summed E-state index contributed by atoms with van der Waals surface area (Å²) in [7, 11) is 0. The molecule has 0 saturated heterocycles. The third-order valence-electron chi connectivity index (χ3n) is 3.76. The molecule has 3 nitrogen and oxygen atoms in total. The summed E-state index contributed by atoms with van der Waals surface area (Å²) in [4.78, 5) is 0.324. The van der Waals surface area contributed by atoms with Gasteiger partial charge in [-0.15, -0.1) is 0 Å². The van der Waals surface area contributed by atoms with Gasteiger partial charge in [-0.2, -0.15) is 0 Å². The van der Waals surface area contributed by atoms with Gasteiger partial charge in [0.15, 0.2) is 0 Å². The van der Waals surface area contributed by atoms with Crippen LogP contribution in [0.2, 0.25) is 0 Å². The van der Waals surface area contributed by atoms with Gasteiger partial charge in [0, 0.05) is 9.65 Å². The molecular formula is C12H20Br2O3. The van der Waals surface area contributed by atoms with Crippen molar-refractivity contribution in [2.75, 3.05) is 0 Å². The van der Waals surface area contributed by atoms with Crippen LogP contribution >= 0.6 is 31.9 Å². The van der Waals surface area contributed by atoms with E-state index in [9.17, 15) is 10.2 Å². The van der Waals surface area contributed by atoms with Crippen LogP contribution in [-0.4, -0.2) is 44.3 Å². The molecule has 100 valence electrons. The van der Waals surface area contributed by atoms with Gasteiger partial charge in [-0.1, -0.05) is 31.9 Å². The normalized spacial score (nSPS) is 48.0. The average molecular weight is 372 g/mol. The molecule has 0 aromatic carbocycles. The maximum Gasteiger partial charge on any atom is 0.0667 e. The molecule has 2 rings (SSSR count). The van der Waals surface area contributed by atoms with Crippen LogP contribution in [0.25, 0.3) is 0 Å². The number of aliphatic hydroxyl groups excluding tert-OH is 2. The Balaban J connectivity index is 1.78. The molecule has 6 atom stereocenters. The minimum atomic E-state index is -0.230. The summed E-state index contributed by atoms with van der Waals surface area (Å²) in [6, 6.07) is 0. The highest BCUT2D eigenvalue weighted by atomic mass is 79.9. The average Bonchev–Trinajstić information content (AvgIpc) is 2.29. The van der Waals surface area contributed by atoms with Gasteiger partial charge in [-0.05, 0) is 38.5 Å². The molecule has 0 radical (unpaired) electrons. The van der Waals surface area contributed by atoms with Gasteiger partial charge in [0.1, 0.15) is 0 Å². The van der Waals surface area contributed by atoms with Gasteiger partial charge in [0.05, 0.1) is 24.4 Å². The molecule has 0 spiro atoms. The standard InChI is InChI=1S/C12H20Br2O3/c13-9-5-7(1-3-11(9)15)17-8-2-4-12(16)10(14)6-8/h7-12,15-16H,1-6H2. The van der Waals surface area contributed by atoms with E-state index in [1.54, 1.807) is 0 Å². The maximum absolute atomic E-state index is 9.64. The van der Waals surface area contributed by atoms with E-state index >= 15 is 0 Å². The summed E-state index contributed by atoms with van der Waals surface area (Å²) in [5, 5.41) is 19.3. The number of aliphatic hydroxyl groups is 2. The minimum Gasteiger partial charge on any atom is -0.392 e. The zero-order chi connectivity index (χ0) is 12.4. The first-order valence-corrected chi connectivity index (χ1v) is 8.19. The van der Waals surface area contributed by atoms with Crippen LogP contribution < -0.4 is 0 Å². The van der Waals surface area contributed by atoms with E-state index in [0.717, 1.165) is 38.5 Å². The van der Waals surface area contributed by atoms with Gasteiger partial charge in [-0.25, -0.2) is 0 Å². The van der Waals surface area contributed by atoms with Gasteiger partial charge in [0.25, 0.3) is 0 Å². The lowest BCUT2D eigenvalue weighted by Crippen LogP contribution is -2.39. The SMILES string of the molecule is OC1CCC(OC2CCC(O)C(Br)C2)CC1Br. The second kappa shape index (κ2) is 6.33. The molecule has 2 aliphatic rings. The van der Waals surface area contributed by atoms with Gasteiger partial charge in [0.2, 0.25) is 0 Å². The second-order valence-electron chi connectivity index (χ2n) is 5.17. The van der Waals surface area contributed by atoms with E-state index in [-0.39, 0.29) is 34.1 Å². The van der Waals surface area contributed by atoms with E-state index in [2.05, 4.69) is 31.9 Å². The van der Waals surface area contributed by atoms with Crippen molar-refractivity contribution in [3.63, 3.8) is 0 Å². The monoisotopic (exact) mass is 370 g/mol. The summed E-state index contributed by atoms with van der Waals surface area (Å²) in [5.74, 6) is 0. The van der Waals surface area contributed by atoms with Gasteiger partial charge in [-0.3, -0.25) is 0 Å². The van der Waals surface area contributed by atoms with Crippen molar-refractivity contribution in [3.8, 4) is 0 Å². The molecule has 2 aliphatic carbocycles. The van der Waals surface area contributed by atoms with Crippen LogP contribution in [0.1, 0.15) is 38.5 Å². The predicted molar refractivity (Wildman–Crippen MR) is 73.8 cm³/mol. The maximum atomic E-state index is 9.64. The van der Waals surface area contributed by atoms with Crippen LogP contribution in [-0.2, 0) is 4.74 Å². The molecule has 2 saturated carbocycles. The van der Waals surface area contributed by atoms with Crippen molar-refractivity contribution in [2.24, 2.45) is 0 Å². The molecule has 0 bridgehead atoms. The van der Waals surface area contributed by atoms with Crippen molar-refractivity contribution >= 4 is 31.9 Å². The lowest BCUT2D eigenvalue weighted by Gasteiger charge is -2.36. The predicted octanol–water partition coefficient (Wildman–Crippen LogP) is 2.36. The highest BCUT2D eigenvalue weighted by Crippen LogP contribution is 2.32. The van der Waals surface area contributed by atoms with E-state index in [1.807, 2.05) is 0 Å². The van der Waals surface area contributed by atoms with Gasteiger partial charge < -0.3 is 14.9 Å². The number of ether oxygens (including phenoxy) is 1. The zero-order valence-corrected chi connectivity index (χ0v) is 12.9. The minimum absolute atomic E-state index is 0.162. The van der Waals surface area contributed by atoms with E-state index in [4.69, 9.17) is 4.74 Å². The summed E-state index contributed by atoms with van der Waals surface area (Å²) in [5.41, 5.74) is 0. The Bertz CT molecular complexity index is 228. The summed E-state index contributed by atoms with van der Waals surface area (Å²) in [6.07, 6.45) is 5.32. The van der Waals surface area contributed by atoms with Crippen LogP contribution in [0.4, 0.5) is 0 Å². The molecule has 0 amide bonds. The molecular weight excluding hydrogens is 352 g/mol. The molecule has 17 heavy (non-hydrogen) atoms. The van der Waals surface area contributed by atoms with Crippen LogP contribution in [0.5, 0.6) is 0 Å². The number of rotatable bonds is 2. The molecule has 0 heterocycles. The number of hydrogen-bond acceptors (Lipinski definition) is 3. The number of halogens is 2. The Hall–Kier alpha value is 0.840. The Labute approximate surface area is 119 Å². The summed E-state index contributed by atoms with van der Waals surface area (Å²) in [6.45, 7) is 0. The first-order chi connectivity index (χ1) is 8.06. The summed E-state index contributed by atoms with van der Waals surface area (Å²) >= 11 is 7.00. The molecule has 6 unspecified atom stereocenters. The molecule has 0 aromatic heterocycles. The van der Waals surface area contributed by atoms with Crippen molar-refractivity contribution in [1.82, 2.24) is 0 Å². The number of hydrogen-bond donors (Lipinski definition) is 2. The molecule has 2 N–H and O–H groups in total. The fourth-order valence-electron chi connectivity index (χ4n) is 2.65. The fraction of sp³-hybridized carbons (Fsp3) is 1.00. The van der Waals surface area contributed by atoms with Crippen molar-refractivity contribution in [2.45, 2.75) is 72.6 Å². The largest absolute Gasteiger partial charge is 0.392 e. The molecule has 0 aromatic rings. The van der Waals surface area contributed by atoms with Crippen LogP contribution in [0.3, 0.4) is 0 Å². The van der Waals surface area contributed by atoms with Crippen LogP contribution in [0, 0.1) is 0 Å². The quantitative estimate of drug-likeness (QED) is 0.732. The highest BCUT2D eigenvalue weighted by molar-refractivity contribution is 9.09. The Kier molecular flexibility index (Phi) is 5.31. The van der Waals surface area contributed by atoms with Crippen molar-refractivity contribution in [3.05, 3.63) is 0 Å². The smallest absolute Gasteiger partial charge is 0.0667 e. The van der Waals surface area contributed by atoms with E-state index in [0.29, 0.717) is 0 Å². The van der Waals surface area contributed by atoms with Gasteiger partial charge >= 0.3 is 0 Å². The third kappa shape index (κ3) is 3.90. The third-order valence-corrected chi connectivity index (χ3v) is 5.73. The highest BCUT2D eigenvalue weighted by Gasteiger charge is 2.33. The Morgan fingerprint density at radius 3 is 1.53 bits per heavy atom. The molecule has 5 heteroatoms. The molecule has 2 fully saturated rings. The first kappa shape index (κ1) is 14.3. The fourth-order valence-corrected chi connectivity index (χ4v) is 4.01. The second-order valence-corrected chi connectivity index (χ2v) is 7.53. The first-order valence-electron chi connectivity index (χ1n) is 6.36. The number of alkyl halides is 2. The lowest BCUT2D eigenvalue weighted by molar-refractivity contribution is -0.0677. The Morgan fingerprint density at radius 2 is 1.18 bits per heavy atom.